The average Bonchev–Trinajstić information content (AvgIpc) is 3.08. The summed E-state index contributed by atoms with van der Waals surface area (Å²) in [7, 11) is 0. The zero-order valence-corrected chi connectivity index (χ0v) is 19.3. The summed E-state index contributed by atoms with van der Waals surface area (Å²) in [5.41, 5.74) is 4.85. The Hall–Kier alpha value is -2.81. The maximum absolute atomic E-state index is 14.9. The maximum Gasteiger partial charge on any atom is 0.243 e. The van der Waals surface area contributed by atoms with Crippen molar-refractivity contribution < 1.29 is 18.7 Å². The minimum Gasteiger partial charge on any atom is -0.381 e. The van der Waals surface area contributed by atoms with Gasteiger partial charge in [-0.15, -0.1) is 0 Å². The highest BCUT2D eigenvalue weighted by Gasteiger charge is 2.35. The van der Waals surface area contributed by atoms with E-state index in [0.717, 1.165) is 61.6 Å². The van der Waals surface area contributed by atoms with E-state index in [2.05, 4.69) is 26.5 Å². The van der Waals surface area contributed by atoms with E-state index in [1.807, 2.05) is 24.3 Å². The van der Waals surface area contributed by atoms with E-state index in [0.29, 0.717) is 38.0 Å². The summed E-state index contributed by atoms with van der Waals surface area (Å²) in [6.45, 7) is 5.79. The first-order valence-electron chi connectivity index (χ1n) is 12.1. The van der Waals surface area contributed by atoms with Crippen molar-refractivity contribution in [3.63, 3.8) is 0 Å². The molecule has 0 bridgehead atoms. The van der Waals surface area contributed by atoms with Gasteiger partial charge in [0, 0.05) is 63.5 Å². The molecule has 180 valence electrons. The van der Waals surface area contributed by atoms with E-state index in [4.69, 9.17) is 4.74 Å². The highest BCUT2D eigenvalue weighted by molar-refractivity contribution is 6.00. The zero-order chi connectivity index (χ0) is 23.5. The quantitative estimate of drug-likeness (QED) is 0.638. The molecule has 2 saturated heterocycles. The van der Waals surface area contributed by atoms with Gasteiger partial charge in [0.1, 0.15) is 5.82 Å². The van der Waals surface area contributed by atoms with Crippen molar-refractivity contribution in [3.8, 4) is 0 Å². The van der Waals surface area contributed by atoms with Crippen molar-refractivity contribution in [1.82, 2.24) is 15.1 Å². The largest absolute Gasteiger partial charge is 0.381 e. The lowest BCUT2D eigenvalue weighted by atomic mass is 10.0. The number of nitrogens with zero attached hydrogens (tertiary/aromatic N) is 2. The van der Waals surface area contributed by atoms with Gasteiger partial charge in [-0.25, -0.2) is 4.39 Å². The first-order chi connectivity index (χ1) is 16.6. The number of piperidine rings is 1. The van der Waals surface area contributed by atoms with Crippen LogP contribution in [0.5, 0.6) is 0 Å². The third-order valence-electron chi connectivity index (χ3n) is 6.97. The zero-order valence-electron chi connectivity index (χ0n) is 19.3. The van der Waals surface area contributed by atoms with Gasteiger partial charge in [0.25, 0.3) is 0 Å². The molecule has 0 radical (unpaired) electrons. The molecule has 7 nitrogen and oxygen atoms in total. The molecule has 1 unspecified atom stereocenters. The molecule has 5 rings (SSSR count). The lowest BCUT2D eigenvalue weighted by molar-refractivity contribution is -0.137. The topological polar surface area (TPSA) is 73.9 Å². The molecule has 8 heteroatoms. The van der Waals surface area contributed by atoms with Crippen LogP contribution in [0, 0.1) is 5.82 Å². The molecular weight excluding hydrogens is 435 g/mol. The second kappa shape index (κ2) is 10.2. The lowest BCUT2D eigenvalue weighted by Gasteiger charge is -2.29. The third-order valence-corrected chi connectivity index (χ3v) is 6.97. The number of ether oxygens (including phenoxy) is 1. The van der Waals surface area contributed by atoms with Crippen molar-refractivity contribution in [2.45, 2.75) is 51.5 Å². The predicted molar refractivity (Wildman–Crippen MR) is 126 cm³/mol. The number of benzene rings is 2. The number of nitrogens with one attached hydrogen (secondary N) is 2. The van der Waals surface area contributed by atoms with Crippen molar-refractivity contribution in [2.75, 3.05) is 31.6 Å². The van der Waals surface area contributed by atoms with Crippen LogP contribution in [0.2, 0.25) is 0 Å². The summed E-state index contributed by atoms with van der Waals surface area (Å²) in [4.78, 5) is 28.2. The van der Waals surface area contributed by atoms with Crippen LogP contribution in [-0.2, 0) is 40.5 Å². The van der Waals surface area contributed by atoms with Gasteiger partial charge in [-0.3, -0.25) is 24.7 Å². The molecule has 2 aromatic rings. The molecule has 0 aromatic heterocycles. The Morgan fingerprint density at radius 3 is 2.88 bits per heavy atom. The van der Waals surface area contributed by atoms with Crippen LogP contribution >= 0.6 is 0 Å². The number of halogens is 1. The number of imide groups is 1. The lowest BCUT2D eigenvalue weighted by Crippen LogP contribution is -2.50. The van der Waals surface area contributed by atoms with E-state index in [-0.39, 0.29) is 23.7 Å². The average molecular weight is 467 g/mol. The summed E-state index contributed by atoms with van der Waals surface area (Å²) in [6, 6.07) is 11.3. The predicted octanol–water partition coefficient (Wildman–Crippen LogP) is 2.78. The molecule has 2 aromatic carbocycles. The highest BCUT2D eigenvalue weighted by atomic mass is 19.1. The molecule has 0 saturated carbocycles. The molecule has 3 heterocycles. The number of carbonyl (C=O) groups is 2. The van der Waals surface area contributed by atoms with E-state index < -0.39 is 0 Å². The SMILES string of the molecule is O=C1CCC(N2Cc3cccc(NCc4ccc(CN5CCCOCC5)cc4F)c3C2)C(=O)N1. The van der Waals surface area contributed by atoms with Gasteiger partial charge in [0.2, 0.25) is 11.8 Å². The van der Waals surface area contributed by atoms with Crippen molar-refractivity contribution in [2.24, 2.45) is 0 Å². The van der Waals surface area contributed by atoms with Gasteiger partial charge in [-0.05, 0) is 41.7 Å². The van der Waals surface area contributed by atoms with Gasteiger partial charge in [-0.2, -0.15) is 0 Å². The fraction of sp³-hybridized carbons (Fsp3) is 0.462. The molecule has 2 N–H and O–H groups in total. The molecule has 0 spiro atoms. The van der Waals surface area contributed by atoms with Crippen LogP contribution in [0.4, 0.5) is 10.1 Å². The van der Waals surface area contributed by atoms with Gasteiger partial charge < -0.3 is 10.1 Å². The summed E-state index contributed by atoms with van der Waals surface area (Å²) < 4.78 is 20.4. The number of fused-ring (bicyclic) bond motifs is 1. The molecule has 1 atom stereocenters. The van der Waals surface area contributed by atoms with Crippen LogP contribution < -0.4 is 10.6 Å². The molecule has 2 fully saturated rings. The van der Waals surface area contributed by atoms with Crippen molar-refractivity contribution in [3.05, 3.63) is 64.5 Å². The Morgan fingerprint density at radius 2 is 2.03 bits per heavy atom. The number of rotatable bonds is 6. The Bertz CT molecular complexity index is 1070. The Morgan fingerprint density at radius 1 is 1.12 bits per heavy atom. The summed E-state index contributed by atoms with van der Waals surface area (Å²) in [5, 5.41) is 5.85. The smallest absolute Gasteiger partial charge is 0.243 e. The number of anilines is 1. The first-order valence-corrected chi connectivity index (χ1v) is 12.1. The standard InChI is InChI=1S/C26H31FN4O3/c27-22-13-18(15-30-9-2-11-34-12-10-30)5-6-19(22)14-28-23-4-1-3-20-16-31(17-21(20)23)24-7-8-25(32)29-26(24)33/h1,3-6,13,24,28H,2,7-12,14-17H2,(H,29,32,33). The number of carbonyl (C=O) groups excluding carboxylic acids is 2. The monoisotopic (exact) mass is 466 g/mol. The molecule has 2 amide bonds. The normalized spacial score (nSPS) is 21.7. The van der Waals surface area contributed by atoms with Crippen LogP contribution in [0.25, 0.3) is 0 Å². The number of amides is 2. The summed E-state index contributed by atoms with van der Waals surface area (Å²) in [5.74, 6) is -0.615. The molecule has 34 heavy (non-hydrogen) atoms. The van der Waals surface area contributed by atoms with Crippen LogP contribution in [0.15, 0.2) is 36.4 Å². The van der Waals surface area contributed by atoms with E-state index in [9.17, 15) is 14.0 Å². The molecular formula is C26H31FN4O3. The van der Waals surface area contributed by atoms with Crippen LogP contribution in [0.3, 0.4) is 0 Å². The van der Waals surface area contributed by atoms with Gasteiger partial charge in [0.05, 0.1) is 12.6 Å². The minimum absolute atomic E-state index is 0.200. The van der Waals surface area contributed by atoms with Gasteiger partial charge >= 0.3 is 0 Å². The highest BCUT2D eigenvalue weighted by Crippen LogP contribution is 2.32. The van der Waals surface area contributed by atoms with Crippen molar-refractivity contribution in [1.29, 1.82) is 0 Å². The van der Waals surface area contributed by atoms with Gasteiger partial charge in [0.15, 0.2) is 0 Å². The maximum atomic E-state index is 14.9. The van der Waals surface area contributed by atoms with E-state index in [1.54, 1.807) is 6.07 Å². The number of hydrogen-bond donors (Lipinski definition) is 2. The first kappa shape index (κ1) is 23.0. The van der Waals surface area contributed by atoms with Crippen molar-refractivity contribution >= 4 is 17.5 Å². The third kappa shape index (κ3) is 5.14. The fourth-order valence-corrected chi connectivity index (χ4v) is 5.10. The minimum atomic E-state index is -0.293. The molecule has 3 aliphatic rings. The summed E-state index contributed by atoms with van der Waals surface area (Å²) >= 11 is 0. The van der Waals surface area contributed by atoms with E-state index in [1.165, 1.54) is 0 Å². The fourth-order valence-electron chi connectivity index (χ4n) is 5.10. The van der Waals surface area contributed by atoms with Crippen LogP contribution in [0.1, 0.15) is 41.5 Å². The molecule has 3 aliphatic heterocycles. The molecule has 0 aliphatic carbocycles. The summed E-state index contributed by atoms with van der Waals surface area (Å²) in [6.07, 6.45) is 1.92. The Kier molecular flexibility index (Phi) is 6.89. The second-order valence-electron chi connectivity index (χ2n) is 9.34. The van der Waals surface area contributed by atoms with Gasteiger partial charge in [-0.1, -0.05) is 24.3 Å². The number of hydrogen-bond acceptors (Lipinski definition) is 6. The van der Waals surface area contributed by atoms with Crippen LogP contribution in [-0.4, -0.2) is 54.0 Å². The Balaban J connectivity index is 1.22. The second-order valence-corrected chi connectivity index (χ2v) is 9.34. The van der Waals surface area contributed by atoms with E-state index >= 15 is 0 Å². The Labute approximate surface area is 199 Å².